The third-order valence-corrected chi connectivity index (χ3v) is 4.91. The number of ether oxygens (including phenoxy) is 2. The van der Waals surface area contributed by atoms with Gasteiger partial charge in [-0.1, -0.05) is 26.0 Å². The van der Waals surface area contributed by atoms with Gasteiger partial charge in [0.25, 0.3) is 5.76 Å². The van der Waals surface area contributed by atoms with Gasteiger partial charge in [0.2, 0.25) is 11.2 Å². The third-order valence-electron chi connectivity index (χ3n) is 4.91. The molecule has 1 N–H and O–H groups in total. The van der Waals surface area contributed by atoms with Gasteiger partial charge in [-0.05, 0) is 37.4 Å². The van der Waals surface area contributed by atoms with E-state index in [9.17, 15) is 23.1 Å². The zero-order valence-corrected chi connectivity index (χ0v) is 17.2. The highest BCUT2D eigenvalue weighted by molar-refractivity contribution is 5.83. The largest absolute Gasteiger partial charge is 0.507 e. The fourth-order valence-corrected chi connectivity index (χ4v) is 3.20. The van der Waals surface area contributed by atoms with Gasteiger partial charge in [0, 0.05) is 6.54 Å². The lowest BCUT2D eigenvalue weighted by molar-refractivity contribution is -0.154. The summed E-state index contributed by atoms with van der Waals surface area (Å²) in [5.41, 5.74) is -1.22. The van der Waals surface area contributed by atoms with Crippen molar-refractivity contribution >= 4 is 11.0 Å². The highest BCUT2D eigenvalue weighted by Crippen LogP contribution is 2.41. The minimum atomic E-state index is -5.01. The van der Waals surface area contributed by atoms with Crippen molar-refractivity contribution in [3.8, 4) is 23.0 Å². The Bertz CT molecular complexity index is 1140. The Kier molecular flexibility index (Phi) is 6.45. The van der Waals surface area contributed by atoms with Crippen molar-refractivity contribution in [1.82, 2.24) is 4.90 Å². The summed E-state index contributed by atoms with van der Waals surface area (Å²) in [6, 6.07) is 8.50. The maximum atomic E-state index is 13.9. The Morgan fingerprint density at radius 1 is 1.06 bits per heavy atom. The molecule has 0 saturated heterocycles. The van der Waals surface area contributed by atoms with Gasteiger partial charge in [-0.15, -0.1) is 0 Å². The summed E-state index contributed by atoms with van der Waals surface area (Å²) < 4.78 is 57.2. The van der Waals surface area contributed by atoms with Gasteiger partial charge in [-0.25, -0.2) is 0 Å². The van der Waals surface area contributed by atoms with Crippen LogP contribution < -0.4 is 14.9 Å². The Labute approximate surface area is 176 Å². The van der Waals surface area contributed by atoms with Gasteiger partial charge in [0.15, 0.2) is 11.5 Å². The number of para-hydroxylation sites is 2. The van der Waals surface area contributed by atoms with E-state index < -0.39 is 23.1 Å². The summed E-state index contributed by atoms with van der Waals surface area (Å²) in [5.74, 6) is -2.74. The van der Waals surface area contributed by atoms with Crippen LogP contribution in [-0.2, 0) is 12.7 Å². The Morgan fingerprint density at radius 2 is 1.71 bits per heavy atom. The number of aromatic hydroxyl groups is 1. The van der Waals surface area contributed by atoms with Crippen LogP contribution in [0.3, 0.4) is 0 Å². The lowest BCUT2D eigenvalue weighted by Gasteiger charge is -2.20. The van der Waals surface area contributed by atoms with Gasteiger partial charge < -0.3 is 19.0 Å². The average Bonchev–Trinajstić information content (AvgIpc) is 2.74. The van der Waals surface area contributed by atoms with E-state index in [-0.39, 0.29) is 40.3 Å². The van der Waals surface area contributed by atoms with E-state index in [2.05, 4.69) is 0 Å². The predicted molar refractivity (Wildman–Crippen MR) is 109 cm³/mol. The van der Waals surface area contributed by atoms with Crippen molar-refractivity contribution in [3.63, 3.8) is 0 Å². The first-order valence-corrected chi connectivity index (χ1v) is 9.63. The first-order valence-electron chi connectivity index (χ1n) is 9.63. The van der Waals surface area contributed by atoms with Crippen molar-refractivity contribution in [1.29, 1.82) is 0 Å². The number of rotatable bonds is 7. The molecule has 0 radical (unpaired) electrons. The van der Waals surface area contributed by atoms with E-state index in [1.165, 1.54) is 37.4 Å². The molecule has 0 spiro atoms. The third kappa shape index (κ3) is 4.46. The number of phenols is 1. The molecule has 0 bridgehead atoms. The van der Waals surface area contributed by atoms with Gasteiger partial charge in [-0.2, -0.15) is 13.2 Å². The Hall–Kier alpha value is -3.20. The topological polar surface area (TPSA) is 72.1 Å². The number of halogens is 3. The summed E-state index contributed by atoms with van der Waals surface area (Å²) in [6.45, 7) is 5.06. The Balaban J connectivity index is 2.28. The van der Waals surface area contributed by atoms with E-state index in [0.29, 0.717) is 13.1 Å². The van der Waals surface area contributed by atoms with Crippen molar-refractivity contribution in [2.75, 3.05) is 20.2 Å². The summed E-state index contributed by atoms with van der Waals surface area (Å²) in [6.07, 6.45) is -5.01. The van der Waals surface area contributed by atoms with E-state index in [4.69, 9.17) is 13.9 Å². The monoisotopic (exact) mass is 437 g/mol. The number of phenolic OH excluding ortho intramolecular Hbond substituents is 1. The standard InChI is InChI=1S/C22H22F3NO5/c1-4-26(5-2)12-14-15(27)11-10-13-18(28)20(21(22(23,24)25)31-19(13)14)30-17-9-7-6-8-16(17)29-3/h6-11,27H,4-5,12H2,1-3H3. The molecule has 0 unspecified atom stereocenters. The van der Waals surface area contributed by atoms with Crippen LogP contribution in [0.25, 0.3) is 11.0 Å². The fraction of sp³-hybridized carbons (Fsp3) is 0.318. The van der Waals surface area contributed by atoms with E-state index in [1.54, 1.807) is 6.07 Å². The Morgan fingerprint density at radius 3 is 2.29 bits per heavy atom. The molecule has 9 heteroatoms. The lowest BCUT2D eigenvalue weighted by atomic mass is 10.1. The second-order valence-corrected chi connectivity index (χ2v) is 6.74. The van der Waals surface area contributed by atoms with Crippen LogP contribution in [0.2, 0.25) is 0 Å². The second-order valence-electron chi connectivity index (χ2n) is 6.74. The van der Waals surface area contributed by atoms with E-state index in [1.807, 2.05) is 18.7 Å². The zero-order valence-electron chi connectivity index (χ0n) is 17.2. The normalized spacial score (nSPS) is 11.8. The molecule has 0 aliphatic rings. The van der Waals surface area contributed by atoms with Gasteiger partial charge in [0.1, 0.15) is 11.3 Å². The van der Waals surface area contributed by atoms with Gasteiger partial charge in [-0.3, -0.25) is 9.69 Å². The molecule has 2 aromatic carbocycles. The van der Waals surface area contributed by atoms with Crippen molar-refractivity contribution in [2.24, 2.45) is 0 Å². The molecule has 31 heavy (non-hydrogen) atoms. The van der Waals surface area contributed by atoms with Crippen LogP contribution in [-0.4, -0.2) is 30.2 Å². The maximum absolute atomic E-state index is 13.9. The average molecular weight is 437 g/mol. The zero-order chi connectivity index (χ0) is 22.8. The summed E-state index contributed by atoms with van der Waals surface area (Å²) in [5, 5.41) is 10.2. The molecule has 1 heterocycles. The first kappa shape index (κ1) is 22.5. The molecule has 0 atom stereocenters. The molecule has 166 valence electrons. The van der Waals surface area contributed by atoms with Crippen molar-refractivity contribution < 1.29 is 32.2 Å². The smallest absolute Gasteiger partial charge is 0.453 e. The maximum Gasteiger partial charge on any atom is 0.453 e. The van der Waals surface area contributed by atoms with E-state index in [0.717, 1.165) is 0 Å². The molecule has 0 aliphatic heterocycles. The molecule has 6 nitrogen and oxygen atoms in total. The molecule has 0 saturated carbocycles. The number of hydrogen-bond donors (Lipinski definition) is 1. The SMILES string of the molecule is CCN(CC)Cc1c(O)ccc2c(=O)c(Oc3ccccc3OC)c(C(F)(F)F)oc12. The molecule has 0 aliphatic carbocycles. The fourth-order valence-electron chi connectivity index (χ4n) is 3.20. The number of nitrogens with zero attached hydrogens (tertiary/aromatic N) is 1. The van der Waals surface area contributed by atoms with Gasteiger partial charge in [0.05, 0.1) is 18.1 Å². The second kappa shape index (κ2) is 8.89. The minimum absolute atomic E-state index is 0.0655. The highest BCUT2D eigenvalue weighted by atomic mass is 19.4. The highest BCUT2D eigenvalue weighted by Gasteiger charge is 2.41. The van der Waals surface area contributed by atoms with E-state index >= 15 is 0 Å². The number of methoxy groups -OCH3 is 1. The van der Waals surface area contributed by atoms with Crippen LogP contribution in [0.15, 0.2) is 45.6 Å². The molecule has 0 amide bonds. The molecule has 3 aromatic rings. The van der Waals surface area contributed by atoms with Crippen LogP contribution in [0.4, 0.5) is 13.2 Å². The van der Waals surface area contributed by atoms with Crippen molar-refractivity contribution in [3.05, 3.63) is 57.9 Å². The van der Waals surface area contributed by atoms with Crippen LogP contribution in [0.5, 0.6) is 23.0 Å². The molecule has 1 aromatic heterocycles. The summed E-state index contributed by atoms with van der Waals surface area (Å²) >= 11 is 0. The number of hydrogen-bond acceptors (Lipinski definition) is 6. The quantitative estimate of drug-likeness (QED) is 0.551. The summed E-state index contributed by atoms with van der Waals surface area (Å²) in [7, 11) is 1.33. The molecule has 3 rings (SSSR count). The van der Waals surface area contributed by atoms with Crippen LogP contribution >= 0.6 is 0 Å². The predicted octanol–water partition coefficient (Wildman–Crippen LogP) is 5.16. The van der Waals surface area contributed by atoms with Crippen molar-refractivity contribution in [2.45, 2.75) is 26.6 Å². The number of fused-ring (bicyclic) bond motifs is 1. The first-order chi connectivity index (χ1) is 14.7. The van der Waals surface area contributed by atoms with Crippen LogP contribution in [0, 0.1) is 0 Å². The molecule has 0 fully saturated rings. The minimum Gasteiger partial charge on any atom is -0.507 e. The summed E-state index contributed by atoms with van der Waals surface area (Å²) in [4.78, 5) is 14.9. The number of benzene rings is 2. The molecular formula is C22H22F3NO5. The lowest BCUT2D eigenvalue weighted by Crippen LogP contribution is -2.23. The van der Waals surface area contributed by atoms with Gasteiger partial charge >= 0.3 is 6.18 Å². The molecular weight excluding hydrogens is 415 g/mol. The van der Waals surface area contributed by atoms with Crippen LogP contribution in [0.1, 0.15) is 25.2 Å². The number of alkyl halides is 3.